The van der Waals surface area contributed by atoms with Crippen LogP contribution in [-0.2, 0) is 6.54 Å². The van der Waals surface area contributed by atoms with Gasteiger partial charge in [-0.2, -0.15) is 0 Å². The Morgan fingerprint density at radius 1 is 1.15 bits per heavy atom. The average Bonchev–Trinajstić information content (AvgIpc) is 3.35. The zero-order valence-corrected chi connectivity index (χ0v) is 19.1. The number of rotatable bonds is 6. The molecule has 0 radical (unpaired) electrons. The van der Waals surface area contributed by atoms with E-state index in [0.29, 0.717) is 29.5 Å². The fourth-order valence-corrected chi connectivity index (χ4v) is 4.36. The van der Waals surface area contributed by atoms with Crippen LogP contribution in [0.25, 0.3) is 16.9 Å². The largest absolute Gasteiger partial charge is 0.497 e. The van der Waals surface area contributed by atoms with Crippen molar-refractivity contribution in [2.24, 2.45) is 0 Å². The van der Waals surface area contributed by atoms with Gasteiger partial charge in [0.1, 0.15) is 5.75 Å². The van der Waals surface area contributed by atoms with Gasteiger partial charge in [0.05, 0.1) is 24.7 Å². The molecule has 8 heteroatoms. The zero-order valence-electron chi connectivity index (χ0n) is 19.1. The molecular formula is C26H28N6O2. The van der Waals surface area contributed by atoms with Crippen LogP contribution in [0.2, 0.25) is 0 Å². The van der Waals surface area contributed by atoms with Gasteiger partial charge in [-0.3, -0.25) is 9.20 Å². The van der Waals surface area contributed by atoms with E-state index in [-0.39, 0.29) is 5.91 Å². The summed E-state index contributed by atoms with van der Waals surface area (Å²) in [5, 5.41) is 6.35. The van der Waals surface area contributed by atoms with Crippen molar-refractivity contribution < 1.29 is 9.53 Å². The van der Waals surface area contributed by atoms with Crippen LogP contribution in [0.5, 0.6) is 5.75 Å². The van der Waals surface area contributed by atoms with Gasteiger partial charge in [-0.1, -0.05) is 24.3 Å². The Kier molecular flexibility index (Phi) is 6.14. The number of nitrogens with zero attached hydrogens (tertiary/aromatic N) is 3. The van der Waals surface area contributed by atoms with Crippen molar-refractivity contribution in [2.75, 3.05) is 25.9 Å². The number of fused-ring (bicyclic) bond motifs is 1. The Morgan fingerprint density at radius 2 is 1.88 bits per heavy atom. The molecule has 1 aliphatic heterocycles. The van der Waals surface area contributed by atoms with Gasteiger partial charge in [-0.25, -0.2) is 9.97 Å². The smallest absolute Gasteiger partial charge is 0.251 e. The van der Waals surface area contributed by atoms with Gasteiger partial charge >= 0.3 is 0 Å². The van der Waals surface area contributed by atoms with Crippen molar-refractivity contribution in [3.63, 3.8) is 0 Å². The molecule has 3 heterocycles. The van der Waals surface area contributed by atoms with Crippen LogP contribution in [0, 0.1) is 0 Å². The Balaban J connectivity index is 1.34. The summed E-state index contributed by atoms with van der Waals surface area (Å²) in [4.78, 5) is 21.8. The minimum absolute atomic E-state index is 0.126. The summed E-state index contributed by atoms with van der Waals surface area (Å²) in [6.07, 6.45) is 5.96. The highest BCUT2D eigenvalue weighted by Gasteiger charge is 2.20. The number of amides is 1. The number of methoxy groups -OCH3 is 1. The van der Waals surface area contributed by atoms with E-state index in [1.54, 1.807) is 13.3 Å². The third-order valence-electron chi connectivity index (χ3n) is 6.35. The number of anilines is 1. The van der Waals surface area contributed by atoms with Crippen LogP contribution in [0.1, 0.15) is 40.4 Å². The number of aromatic nitrogens is 3. The van der Waals surface area contributed by atoms with Crippen molar-refractivity contribution in [3.05, 3.63) is 77.7 Å². The van der Waals surface area contributed by atoms with Crippen LogP contribution in [0.4, 0.5) is 5.82 Å². The molecule has 174 valence electrons. The molecule has 8 nitrogen and oxygen atoms in total. The number of hydrogen-bond acceptors (Lipinski definition) is 6. The molecule has 0 bridgehead atoms. The van der Waals surface area contributed by atoms with E-state index >= 15 is 0 Å². The van der Waals surface area contributed by atoms with Gasteiger partial charge in [-0.05, 0) is 55.8 Å². The maximum absolute atomic E-state index is 12.6. The fourth-order valence-electron chi connectivity index (χ4n) is 4.36. The lowest BCUT2D eigenvalue weighted by atomic mass is 9.95. The maximum Gasteiger partial charge on any atom is 0.251 e. The number of ether oxygens (including phenoxy) is 1. The molecule has 1 aliphatic rings. The molecule has 1 fully saturated rings. The lowest BCUT2D eigenvalue weighted by molar-refractivity contribution is 0.0951. The average molecular weight is 457 g/mol. The molecule has 5 rings (SSSR count). The molecule has 2 aromatic carbocycles. The first-order chi connectivity index (χ1) is 16.6. The van der Waals surface area contributed by atoms with E-state index in [1.807, 2.05) is 52.9 Å². The summed E-state index contributed by atoms with van der Waals surface area (Å²) in [5.41, 5.74) is 11.3. The standard InChI is InChI=1S/C26H28N6O2/c1-34-21-8-2-17(3-9-21)14-30-26(33)20-6-4-19(5-7-20)23-15-29-24(27)25-31-22(16-32(23)25)18-10-12-28-13-11-18/h2-9,15-16,18,28H,10-14H2,1H3,(H2,27,29)(H,30,33). The summed E-state index contributed by atoms with van der Waals surface area (Å²) < 4.78 is 7.18. The number of benzene rings is 2. The third-order valence-corrected chi connectivity index (χ3v) is 6.35. The summed E-state index contributed by atoms with van der Waals surface area (Å²) in [7, 11) is 1.63. The minimum atomic E-state index is -0.126. The Hall–Kier alpha value is -3.91. The summed E-state index contributed by atoms with van der Waals surface area (Å²) in [5.74, 6) is 1.50. The number of carbonyl (C=O) groups excluding carboxylic acids is 1. The lowest BCUT2D eigenvalue weighted by Gasteiger charge is -2.20. The third kappa shape index (κ3) is 4.45. The molecule has 0 atom stereocenters. The van der Waals surface area contributed by atoms with Crippen molar-refractivity contribution >= 4 is 17.4 Å². The zero-order chi connectivity index (χ0) is 23.5. The molecule has 4 N–H and O–H groups in total. The summed E-state index contributed by atoms with van der Waals surface area (Å²) >= 11 is 0. The molecule has 34 heavy (non-hydrogen) atoms. The van der Waals surface area contributed by atoms with Crippen LogP contribution < -0.4 is 21.1 Å². The number of nitrogen functional groups attached to an aromatic ring is 1. The number of imidazole rings is 1. The summed E-state index contributed by atoms with van der Waals surface area (Å²) in [6, 6.07) is 15.1. The maximum atomic E-state index is 12.6. The van der Waals surface area contributed by atoms with E-state index in [9.17, 15) is 4.79 Å². The van der Waals surface area contributed by atoms with Crippen LogP contribution in [0.3, 0.4) is 0 Å². The highest BCUT2D eigenvalue weighted by Crippen LogP contribution is 2.29. The molecule has 4 aromatic rings. The Morgan fingerprint density at radius 3 is 2.59 bits per heavy atom. The molecule has 0 aliphatic carbocycles. The number of nitrogens with two attached hydrogens (primary N) is 1. The summed E-state index contributed by atoms with van der Waals surface area (Å²) in [6.45, 7) is 2.45. The first-order valence-electron chi connectivity index (χ1n) is 11.5. The van der Waals surface area contributed by atoms with E-state index < -0.39 is 0 Å². The first-order valence-corrected chi connectivity index (χ1v) is 11.5. The fraction of sp³-hybridized carbons (Fsp3) is 0.269. The SMILES string of the molecule is COc1ccc(CNC(=O)c2ccc(-c3cnc(N)c4nc(C5CCNCC5)cn34)cc2)cc1. The predicted molar refractivity (Wildman–Crippen MR) is 132 cm³/mol. The van der Waals surface area contributed by atoms with Crippen molar-refractivity contribution in [2.45, 2.75) is 25.3 Å². The van der Waals surface area contributed by atoms with Crippen molar-refractivity contribution in [1.29, 1.82) is 0 Å². The molecule has 1 amide bonds. The highest BCUT2D eigenvalue weighted by molar-refractivity contribution is 5.94. The van der Waals surface area contributed by atoms with E-state index in [2.05, 4.69) is 21.8 Å². The Labute approximate surface area is 198 Å². The van der Waals surface area contributed by atoms with Crippen molar-refractivity contribution in [3.8, 4) is 17.0 Å². The van der Waals surface area contributed by atoms with Gasteiger partial charge < -0.3 is 21.1 Å². The number of piperidine rings is 1. The van der Waals surface area contributed by atoms with Crippen molar-refractivity contribution in [1.82, 2.24) is 25.0 Å². The number of carbonyl (C=O) groups is 1. The van der Waals surface area contributed by atoms with Gasteiger partial charge in [0, 0.05) is 29.8 Å². The van der Waals surface area contributed by atoms with Crippen LogP contribution in [0.15, 0.2) is 60.9 Å². The molecule has 1 saturated heterocycles. The van der Waals surface area contributed by atoms with Gasteiger partial charge in [0.2, 0.25) is 0 Å². The second-order valence-corrected chi connectivity index (χ2v) is 8.52. The second-order valence-electron chi connectivity index (χ2n) is 8.52. The molecule has 0 saturated carbocycles. The highest BCUT2D eigenvalue weighted by atomic mass is 16.5. The van der Waals surface area contributed by atoms with Gasteiger partial charge in [0.25, 0.3) is 5.91 Å². The quantitative estimate of drug-likeness (QED) is 0.411. The normalized spacial score (nSPS) is 14.3. The molecular weight excluding hydrogens is 428 g/mol. The number of nitrogens with one attached hydrogen (secondary N) is 2. The Bertz CT molecular complexity index is 1290. The van der Waals surface area contributed by atoms with Crippen LogP contribution in [-0.4, -0.2) is 40.5 Å². The topological polar surface area (TPSA) is 107 Å². The van der Waals surface area contributed by atoms with E-state index in [1.165, 1.54) is 0 Å². The number of hydrogen-bond donors (Lipinski definition) is 3. The second kappa shape index (κ2) is 9.52. The predicted octanol–water partition coefficient (Wildman–Crippen LogP) is 3.38. The molecule has 0 spiro atoms. The monoisotopic (exact) mass is 456 g/mol. The van der Waals surface area contributed by atoms with Gasteiger partial charge in [-0.15, -0.1) is 0 Å². The molecule has 2 aromatic heterocycles. The molecule has 0 unspecified atom stereocenters. The lowest BCUT2D eigenvalue weighted by Crippen LogP contribution is -2.26. The van der Waals surface area contributed by atoms with E-state index in [4.69, 9.17) is 15.5 Å². The van der Waals surface area contributed by atoms with Crippen LogP contribution >= 0.6 is 0 Å². The van der Waals surface area contributed by atoms with Gasteiger partial charge in [0.15, 0.2) is 11.5 Å². The first kappa shape index (κ1) is 21.9. The van der Waals surface area contributed by atoms with E-state index in [0.717, 1.165) is 54.2 Å². The minimum Gasteiger partial charge on any atom is -0.497 e.